The molecule has 0 saturated carbocycles. The topological polar surface area (TPSA) is 137 Å². The van der Waals surface area contributed by atoms with Crippen molar-refractivity contribution in [2.45, 2.75) is 11.8 Å². The molecule has 0 fully saturated rings. The number of amides is 1. The van der Waals surface area contributed by atoms with Crippen molar-refractivity contribution < 1.29 is 27.6 Å². The third-order valence-corrected chi connectivity index (χ3v) is 4.78. The molecule has 144 valence electrons. The van der Waals surface area contributed by atoms with Gasteiger partial charge in [0.1, 0.15) is 5.75 Å². The highest BCUT2D eigenvalue weighted by atomic mass is 32.2. The monoisotopic (exact) mass is 395 g/mol. The second kappa shape index (κ2) is 7.91. The molecule has 0 aliphatic heterocycles. The molecular formula is C16H17N3O7S. The number of nitrogens with zero attached hydrogens (tertiary/aromatic N) is 1. The number of nitrogens with one attached hydrogen (secondary N) is 2. The third kappa shape index (κ3) is 4.64. The molecule has 1 amide bonds. The predicted octanol–water partition coefficient (Wildman–Crippen LogP) is 2.37. The maximum absolute atomic E-state index is 12.7. The maximum atomic E-state index is 12.7. The SMILES string of the molecule is COc1ccc(NC(C)=O)cc1NS(=O)(=O)c1ccc(OC)c([N+](=O)[O-])c1. The number of hydrogen-bond acceptors (Lipinski definition) is 7. The standard InChI is InChI=1S/C16H17N3O7S/c1-10(20)17-11-4-6-15(25-2)13(8-11)18-27(23,24)12-5-7-16(26-3)14(9-12)19(21)22/h4-9,18H,1-3H3,(H,17,20). The molecule has 0 spiro atoms. The summed E-state index contributed by atoms with van der Waals surface area (Å²) in [7, 11) is -1.58. The first-order chi connectivity index (χ1) is 12.7. The van der Waals surface area contributed by atoms with E-state index in [1.165, 1.54) is 51.5 Å². The van der Waals surface area contributed by atoms with Crippen LogP contribution in [0.2, 0.25) is 0 Å². The molecule has 0 aliphatic rings. The zero-order chi connectivity index (χ0) is 20.2. The molecule has 2 aromatic rings. The summed E-state index contributed by atoms with van der Waals surface area (Å²) >= 11 is 0. The van der Waals surface area contributed by atoms with Gasteiger partial charge in [-0.1, -0.05) is 0 Å². The number of carbonyl (C=O) groups excluding carboxylic acids is 1. The summed E-state index contributed by atoms with van der Waals surface area (Å²) < 4.78 is 37.6. The van der Waals surface area contributed by atoms with Gasteiger partial charge in [-0.05, 0) is 30.3 Å². The Labute approximate surface area is 155 Å². The third-order valence-electron chi connectivity index (χ3n) is 3.42. The summed E-state index contributed by atoms with van der Waals surface area (Å²) in [6.45, 7) is 1.31. The van der Waals surface area contributed by atoms with Crippen LogP contribution in [0.3, 0.4) is 0 Å². The lowest BCUT2D eigenvalue weighted by atomic mass is 10.2. The molecular weight excluding hydrogens is 378 g/mol. The molecule has 0 aromatic heterocycles. The molecule has 0 atom stereocenters. The molecule has 0 saturated heterocycles. The van der Waals surface area contributed by atoms with Crippen LogP contribution in [0.4, 0.5) is 17.1 Å². The molecule has 10 nitrogen and oxygen atoms in total. The molecule has 0 heterocycles. The number of hydrogen-bond donors (Lipinski definition) is 2. The van der Waals surface area contributed by atoms with Crippen molar-refractivity contribution in [1.29, 1.82) is 0 Å². The van der Waals surface area contributed by atoms with Gasteiger partial charge in [-0.25, -0.2) is 8.42 Å². The molecule has 27 heavy (non-hydrogen) atoms. The zero-order valence-electron chi connectivity index (χ0n) is 14.7. The summed E-state index contributed by atoms with van der Waals surface area (Å²) in [4.78, 5) is 21.2. The van der Waals surface area contributed by atoms with Crippen molar-refractivity contribution >= 4 is 33.0 Å². The average molecular weight is 395 g/mol. The fourth-order valence-corrected chi connectivity index (χ4v) is 3.33. The Hall–Kier alpha value is -3.34. The van der Waals surface area contributed by atoms with E-state index in [0.717, 1.165) is 6.07 Å². The Bertz CT molecular complexity index is 990. The summed E-state index contributed by atoms with van der Waals surface area (Å²) in [5, 5.41) is 13.6. The number of nitro benzene ring substituents is 1. The fourth-order valence-electron chi connectivity index (χ4n) is 2.25. The minimum atomic E-state index is -4.17. The molecule has 2 aromatic carbocycles. The lowest BCUT2D eigenvalue weighted by Crippen LogP contribution is -2.14. The van der Waals surface area contributed by atoms with E-state index in [4.69, 9.17) is 9.47 Å². The zero-order valence-corrected chi connectivity index (χ0v) is 15.5. The van der Waals surface area contributed by atoms with Crippen LogP contribution in [-0.2, 0) is 14.8 Å². The fraction of sp³-hybridized carbons (Fsp3) is 0.188. The maximum Gasteiger partial charge on any atom is 0.312 e. The summed E-state index contributed by atoms with van der Waals surface area (Å²) in [5.41, 5.74) is -0.0803. The minimum Gasteiger partial charge on any atom is -0.495 e. The van der Waals surface area contributed by atoms with Crippen LogP contribution < -0.4 is 19.5 Å². The highest BCUT2D eigenvalue weighted by Crippen LogP contribution is 2.33. The summed E-state index contributed by atoms with van der Waals surface area (Å²) in [6, 6.07) is 7.65. The van der Waals surface area contributed by atoms with E-state index in [0.29, 0.717) is 5.69 Å². The van der Waals surface area contributed by atoms with Gasteiger partial charge in [-0.3, -0.25) is 19.6 Å². The lowest BCUT2D eigenvalue weighted by molar-refractivity contribution is -0.386. The lowest BCUT2D eigenvalue weighted by Gasteiger charge is -2.14. The van der Waals surface area contributed by atoms with E-state index < -0.39 is 20.6 Å². The summed E-state index contributed by atoms with van der Waals surface area (Å²) in [6.07, 6.45) is 0. The van der Waals surface area contributed by atoms with Crippen LogP contribution in [0.25, 0.3) is 0 Å². The number of carbonyl (C=O) groups is 1. The van der Waals surface area contributed by atoms with E-state index in [-0.39, 0.29) is 28.0 Å². The molecule has 0 radical (unpaired) electrons. The van der Waals surface area contributed by atoms with Gasteiger partial charge < -0.3 is 14.8 Å². The first-order valence-electron chi connectivity index (χ1n) is 7.49. The Kier molecular flexibility index (Phi) is 5.85. The normalized spacial score (nSPS) is 10.8. The Balaban J connectivity index is 2.45. The number of benzene rings is 2. The first-order valence-corrected chi connectivity index (χ1v) is 8.97. The van der Waals surface area contributed by atoms with Crippen molar-refractivity contribution in [2.24, 2.45) is 0 Å². The van der Waals surface area contributed by atoms with Crippen molar-refractivity contribution in [3.8, 4) is 11.5 Å². The number of ether oxygens (including phenoxy) is 2. The van der Waals surface area contributed by atoms with Gasteiger partial charge in [0, 0.05) is 18.7 Å². The molecule has 0 unspecified atom stereocenters. The predicted molar refractivity (Wildman–Crippen MR) is 97.8 cm³/mol. The van der Waals surface area contributed by atoms with E-state index in [2.05, 4.69) is 10.0 Å². The highest BCUT2D eigenvalue weighted by molar-refractivity contribution is 7.92. The number of rotatable bonds is 7. The van der Waals surface area contributed by atoms with Gasteiger partial charge in [0.05, 0.1) is 29.7 Å². The van der Waals surface area contributed by atoms with Crippen molar-refractivity contribution in [2.75, 3.05) is 24.3 Å². The minimum absolute atomic E-state index is 0.0576. The van der Waals surface area contributed by atoms with Gasteiger partial charge in [-0.2, -0.15) is 0 Å². The van der Waals surface area contributed by atoms with Crippen LogP contribution in [-0.4, -0.2) is 33.5 Å². The van der Waals surface area contributed by atoms with Gasteiger partial charge >= 0.3 is 5.69 Å². The van der Waals surface area contributed by atoms with Crippen molar-refractivity contribution in [1.82, 2.24) is 0 Å². The van der Waals surface area contributed by atoms with E-state index in [1.807, 2.05) is 0 Å². The molecule has 0 aliphatic carbocycles. The Morgan fingerprint density at radius 2 is 1.70 bits per heavy atom. The first kappa shape index (κ1) is 20.0. The number of nitro groups is 1. The van der Waals surface area contributed by atoms with Crippen molar-refractivity contribution in [3.63, 3.8) is 0 Å². The molecule has 2 N–H and O–H groups in total. The molecule has 0 bridgehead atoms. The van der Waals surface area contributed by atoms with Crippen molar-refractivity contribution in [3.05, 3.63) is 46.5 Å². The smallest absolute Gasteiger partial charge is 0.312 e. The number of anilines is 2. The van der Waals surface area contributed by atoms with E-state index in [9.17, 15) is 23.3 Å². The van der Waals surface area contributed by atoms with Gasteiger partial charge in [0.25, 0.3) is 10.0 Å². The van der Waals surface area contributed by atoms with Gasteiger partial charge in [0.2, 0.25) is 5.91 Å². The molecule has 11 heteroatoms. The summed E-state index contributed by atoms with van der Waals surface area (Å²) in [5.74, 6) is -0.195. The van der Waals surface area contributed by atoms with E-state index in [1.54, 1.807) is 0 Å². The average Bonchev–Trinajstić information content (AvgIpc) is 2.60. The second-order valence-electron chi connectivity index (χ2n) is 5.29. The van der Waals surface area contributed by atoms with Crippen LogP contribution in [0.15, 0.2) is 41.3 Å². The Morgan fingerprint density at radius 3 is 2.26 bits per heavy atom. The molecule has 2 rings (SSSR count). The van der Waals surface area contributed by atoms with Crippen LogP contribution in [0.5, 0.6) is 11.5 Å². The van der Waals surface area contributed by atoms with Crippen LogP contribution >= 0.6 is 0 Å². The number of sulfonamides is 1. The van der Waals surface area contributed by atoms with Crippen LogP contribution in [0, 0.1) is 10.1 Å². The quantitative estimate of drug-likeness (QED) is 0.542. The van der Waals surface area contributed by atoms with Gasteiger partial charge in [-0.15, -0.1) is 0 Å². The van der Waals surface area contributed by atoms with E-state index >= 15 is 0 Å². The van der Waals surface area contributed by atoms with Crippen LogP contribution in [0.1, 0.15) is 6.92 Å². The largest absolute Gasteiger partial charge is 0.495 e. The Morgan fingerprint density at radius 1 is 1.07 bits per heavy atom. The second-order valence-corrected chi connectivity index (χ2v) is 6.97. The van der Waals surface area contributed by atoms with Gasteiger partial charge in [0.15, 0.2) is 5.75 Å². The highest BCUT2D eigenvalue weighted by Gasteiger charge is 2.23. The number of methoxy groups -OCH3 is 2.